The van der Waals surface area contributed by atoms with Crippen molar-refractivity contribution in [1.82, 2.24) is 10.2 Å². The molecule has 0 radical (unpaired) electrons. The lowest BCUT2D eigenvalue weighted by Gasteiger charge is -2.43. The fourth-order valence-corrected chi connectivity index (χ4v) is 4.49. The third kappa shape index (κ3) is 3.73. The van der Waals surface area contributed by atoms with Crippen molar-refractivity contribution in [2.75, 3.05) is 37.0 Å². The molecule has 0 spiro atoms. The lowest BCUT2D eigenvalue weighted by atomic mass is 9.94. The number of para-hydroxylation sites is 1. The summed E-state index contributed by atoms with van der Waals surface area (Å²) < 4.78 is 5.27. The first-order valence-electron chi connectivity index (χ1n) is 10.6. The summed E-state index contributed by atoms with van der Waals surface area (Å²) in [7, 11) is 1.52. The highest BCUT2D eigenvalue weighted by Gasteiger charge is 2.52. The Hall–Kier alpha value is -3.10. The number of benzene rings is 2. The zero-order chi connectivity index (χ0) is 22.0. The largest absolute Gasteiger partial charge is 0.497 e. The summed E-state index contributed by atoms with van der Waals surface area (Å²) >= 11 is 0. The molecular weight excluding hydrogens is 396 g/mol. The molecule has 1 saturated heterocycles. The summed E-state index contributed by atoms with van der Waals surface area (Å²) in [5.74, 6) is -0.128. The second kappa shape index (κ2) is 8.56. The van der Waals surface area contributed by atoms with Crippen LogP contribution in [0, 0.1) is 0 Å². The van der Waals surface area contributed by atoms with E-state index in [1.54, 1.807) is 48.5 Å². The Balaban J connectivity index is 1.71. The Labute approximate surface area is 181 Å². The average Bonchev–Trinajstić information content (AvgIpc) is 3.25. The number of likely N-dealkylation sites (tertiary alicyclic amines) is 1. The first-order chi connectivity index (χ1) is 15.0. The number of amides is 3. The van der Waals surface area contributed by atoms with Gasteiger partial charge in [-0.25, -0.2) is 4.79 Å². The van der Waals surface area contributed by atoms with Crippen molar-refractivity contribution in [2.45, 2.75) is 31.5 Å². The fourth-order valence-electron chi connectivity index (χ4n) is 4.49. The van der Waals surface area contributed by atoms with Crippen LogP contribution in [0.3, 0.4) is 0 Å². The van der Waals surface area contributed by atoms with E-state index in [1.165, 1.54) is 7.11 Å². The number of fused-ring (bicyclic) bond motifs is 1. The van der Waals surface area contributed by atoms with Crippen LogP contribution in [0.5, 0.6) is 5.75 Å². The summed E-state index contributed by atoms with van der Waals surface area (Å²) in [6, 6.07) is 13.1. The Bertz CT molecular complexity index is 982. The highest BCUT2D eigenvalue weighted by Crippen LogP contribution is 2.40. The molecule has 2 aromatic rings. The number of rotatable bonds is 6. The first-order valence-corrected chi connectivity index (χ1v) is 10.6. The molecule has 8 heteroatoms. The van der Waals surface area contributed by atoms with Crippen molar-refractivity contribution in [3.05, 3.63) is 54.1 Å². The molecule has 2 atom stereocenters. The van der Waals surface area contributed by atoms with Crippen LogP contribution in [0.25, 0.3) is 0 Å². The average molecular weight is 425 g/mol. The van der Waals surface area contributed by atoms with Crippen molar-refractivity contribution in [2.24, 2.45) is 0 Å². The number of nitrogens with one attached hydrogen (secondary N) is 2. The van der Waals surface area contributed by atoms with Gasteiger partial charge >= 0.3 is 6.03 Å². The summed E-state index contributed by atoms with van der Waals surface area (Å²) in [6.07, 6.45) is 2.07. The number of carbonyl (C=O) groups is 2. The topological polar surface area (TPSA) is 94.1 Å². The number of ether oxygens (including phenoxy) is 1. The molecule has 2 aliphatic rings. The van der Waals surface area contributed by atoms with Gasteiger partial charge in [-0.15, -0.1) is 0 Å². The Morgan fingerprint density at radius 2 is 2.10 bits per heavy atom. The van der Waals surface area contributed by atoms with Crippen LogP contribution < -0.4 is 20.3 Å². The van der Waals surface area contributed by atoms with Gasteiger partial charge in [0.05, 0.1) is 18.5 Å². The smallest absolute Gasteiger partial charge is 0.329 e. The molecule has 1 fully saturated rings. The van der Waals surface area contributed by atoms with Gasteiger partial charge in [-0.2, -0.15) is 0 Å². The number of urea groups is 1. The first kappa shape index (κ1) is 21.1. The summed E-state index contributed by atoms with van der Waals surface area (Å²) in [4.78, 5) is 29.9. The van der Waals surface area contributed by atoms with Crippen molar-refractivity contribution in [3.63, 3.8) is 0 Å². The molecular formula is C23H28N4O4. The minimum atomic E-state index is -2.21. The molecule has 2 aliphatic heterocycles. The molecule has 2 heterocycles. The van der Waals surface area contributed by atoms with Crippen LogP contribution in [-0.2, 0) is 10.5 Å². The zero-order valence-corrected chi connectivity index (χ0v) is 17.8. The van der Waals surface area contributed by atoms with E-state index in [4.69, 9.17) is 4.74 Å². The van der Waals surface area contributed by atoms with Crippen molar-refractivity contribution >= 4 is 23.3 Å². The van der Waals surface area contributed by atoms with Gasteiger partial charge in [0.2, 0.25) is 0 Å². The SMILES string of the molecule is CCN1CCC[C@H]1CNC(=O)[C@]1(O)c2ccccc2NC(=O)N1c1cccc(OC)c1. The number of likely N-dealkylation sites (N-methyl/N-ethyl adjacent to an activating group) is 1. The Kier molecular flexibility index (Phi) is 5.84. The minimum absolute atomic E-state index is 0.218. The minimum Gasteiger partial charge on any atom is -0.497 e. The molecule has 8 nitrogen and oxygen atoms in total. The quantitative estimate of drug-likeness (QED) is 0.662. The van der Waals surface area contributed by atoms with Crippen LogP contribution in [0.15, 0.2) is 48.5 Å². The molecule has 0 aliphatic carbocycles. The van der Waals surface area contributed by atoms with Crippen molar-refractivity contribution in [3.8, 4) is 5.75 Å². The van der Waals surface area contributed by atoms with Gasteiger partial charge < -0.3 is 20.5 Å². The third-order valence-corrected chi connectivity index (χ3v) is 6.10. The normalized spacial score (nSPS) is 23.3. The van der Waals surface area contributed by atoms with Gasteiger partial charge in [0.1, 0.15) is 5.75 Å². The van der Waals surface area contributed by atoms with Crippen LogP contribution in [0.4, 0.5) is 16.2 Å². The number of hydrogen-bond acceptors (Lipinski definition) is 5. The maximum absolute atomic E-state index is 13.5. The predicted octanol–water partition coefficient (Wildman–Crippen LogP) is 2.49. The number of methoxy groups -OCH3 is 1. The van der Waals surface area contributed by atoms with Crippen molar-refractivity contribution < 1.29 is 19.4 Å². The third-order valence-electron chi connectivity index (χ3n) is 6.10. The van der Waals surface area contributed by atoms with Crippen LogP contribution in [0.1, 0.15) is 25.3 Å². The van der Waals surface area contributed by atoms with E-state index in [2.05, 4.69) is 22.5 Å². The summed E-state index contributed by atoms with van der Waals surface area (Å²) in [6.45, 7) is 4.42. The van der Waals surface area contributed by atoms with E-state index in [0.29, 0.717) is 29.2 Å². The van der Waals surface area contributed by atoms with Crippen LogP contribution >= 0.6 is 0 Å². The van der Waals surface area contributed by atoms with Gasteiger partial charge in [-0.1, -0.05) is 31.2 Å². The van der Waals surface area contributed by atoms with Gasteiger partial charge in [-0.05, 0) is 44.1 Å². The molecule has 2 aromatic carbocycles. The van der Waals surface area contributed by atoms with Crippen LogP contribution in [-0.4, -0.2) is 54.7 Å². The number of nitrogens with zero attached hydrogens (tertiary/aromatic N) is 2. The molecule has 0 bridgehead atoms. The molecule has 0 saturated carbocycles. The van der Waals surface area contributed by atoms with Gasteiger partial charge in [0.25, 0.3) is 11.6 Å². The highest BCUT2D eigenvalue weighted by atomic mass is 16.5. The van der Waals surface area contributed by atoms with Gasteiger partial charge in [0.15, 0.2) is 0 Å². The fraction of sp³-hybridized carbons (Fsp3) is 0.391. The van der Waals surface area contributed by atoms with Crippen molar-refractivity contribution in [1.29, 1.82) is 0 Å². The summed E-state index contributed by atoms with van der Waals surface area (Å²) in [5, 5.41) is 17.5. The lowest BCUT2D eigenvalue weighted by Crippen LogP contribution is -2.63. The predicted molar refractivity (Wildman–Crippen MR) is 118 cm³/mol. The highest BCUT2D eigenvalue weighted by molar-refractivity contribution is 6.11. The maximum atomic E-state index is 13.5. The maximum Gasteiger partial charge on any atom is 0.329 e. The van der Waals surface area contributed by atoms with E-state index in [-0.39, 0.29) is 6.04 Å². The number of hydrogen-bond donors (Lipinski definition) is 3. The van der Waals surface area contributed by atoms with E-state index in [1.807, 2.05) is 0 Å². The number of carbonyl (C=O) groups excluding carboxylic acids is 2. The summed E-state index contributed by atoms with van der Waals surface area (Å²) in [5.41, 5.74) is -1.14. The van der Waals surface area contributed by atoms with E-state index < -0.39 is 17.7 Å². The zero-order valence-electron chi connectivity index (χ0n) is 17.8. The number of aliphatic hydroxyl groups is 1. The molecule has 4 rings (SSSR count). The second-order valence-corrected chi connectivity index (χ2v) is 7.82. The van der Waals surface area contributed by atoms with E-state index in [9.17, 15) is 14.7 Å². The monoisotopic (exact) mass is 424 g/mol. The molecule has 3 amide bonds. The van der Waals surface area contributed by atoms with E-state index in [0.717, 1.165) is 30.8 Å². The lowest BCUT2D eigenvalue weighted by molar-refractivity contribution is -0.140. The van der Waals surface area contributed by atoms with Gasteiger partial charge in [0, 0.05) is 24.2 Å². The molecule has 31 heavy (non-hydrogen) atoms. The van der Waals surface area contributed by atoms with Crippen LogP contribution in [0.2, 0.25) is 0 Å². The Morgan fingerprint density at radius 3 is 2.87 bits per heavy atom. The molecule has 164 valence electrons. The Morgan fingerprint density at radius 1 is 1.29 bits per heavy atom. The van der Waals surface area contributed by atoms with Gasteiger partial charge in [-0.3, -0.25) is 14.6 Å². The molecule has 0 unspecified atom stereocenters. The number of anilines is 2. The second-order valence-electron chi connectivity index (χ2n) is 7.82. The molecule has 3 N–H and O–H groups in total. The molecule has 0 aromatic heterocycles. The van der Waals surface area contributed by atoms with E-state index >= 15 is 0 Å². The standard InChI is InChI=1S/C23H28N4O4/c1-3-26-13-7-9-17(26)15-24-21(28)23(30)19-11-4-5-12-20(19)25-22(29)27(23)16-8-6-10-18(14-16)31-2/h4-6,8,10-12,14,17,30H,3,7,9,13,15H2,1-2H3,(H,24,28)(H,25,29)/t17-,23+/m0/s1.